The summed E-state index contributed by atoms with van der Waals surface area (Å²) in [7, 11) is 0. The van der Waals surface area contributed by atoms with Gasteiger partial charge >= 0.3 is 5.97 Å². The fourth-order valence-corrected chi connectivity index (χ4v) is 3.50. The maximum atomic E-state index is 11.6. The van der Waals surface area contributed by atoms with Crippen molar-refractivity contribution in [2.24, 2.45) is 5.92 Å². The minimum absolute atomic E-state index is 0.00928. The van der Waals surface area contributed by atoms with Crippen LogP contribution in [0, 0.1) is 12.8 Å². The van der Waals surface area contributed by atoms with Gasteiger partial charge in [0.2, 0.25) is 5.91 Å². The molecule has 0 aromatic carbocycles. The Morgan fingerprint density at radius 1 is 1.45 bits per heavy atom. The summed E-state index contributed by atoms with van der Waals surface area (Å²) >= 11 is 2.70. The van der Waals surface area contributed by atoms with Crippen molar-refractivity contribution in [1.82, 2.24) is 10.3 Å². The lowest BCUT2D eigenvalue weighted by Gasteiger charge is -2.06. The van der Waals surface area contributed by atoms with Gasteiger partial charge in [-0.15, -0.1) is 11.3 Å². The number of aromatic nitrogens is 1. The van der Waals surface area contributed by atoms with Crippen molar-refractivity contribution in [3.05, 3.63) is 10.6 Å². The first-order chi connectivity index (χ1) is 9.38. The van der Waals surface area contributed by atoms with E-state index < -0.39 is 5.97 Å². The Hall–Kier alpha value is -1.08. The number of aryl methyl sites for hydroxylation is 1. The van der Waals surface area contributed by atoms with Gasteiger partial charge in [-0.1, -0.05) is 25.6 Å². The first-order valence-corrected chi connectivity index (χ1v) is 8.26. The molecular weight excluding hydrogens is 296 g/mol. The number of carbonyl (C=O) groups is 2. The number of aliphatic carboxylic acids is 1. The Morgan fingerprint density at radius 3 is 2.75 bits per heavy atom. The van der Waals surface area contributed by atoms with Crippen LogP contribution in [0.3, 0.4) is 0 Å². The van der Waals surface area contributed by atoms with Crippen molar-refractivity contribution in [2.45, 2.75) is 38.0 Å². The molecule has 0 aliphatic heterocycles. The molecule has 112 valence electrons. The predicted molar refractivity (Wildman–Crippen MR) is 81.4 cm³/mol. The molecule has 1 heterocycles. The summed E-state index contributed by atoms with van der Waals surface area (Å²) in [6, 6.07) is 0. The fraction of sp³-hybridized carbons (Fsp3) is 0.615. The number of nitrogens with one attached hydrogen (secondary N) is 1. The van der Waals surface area contributed by atoms with Gasteiger partial charge in [0.05, 0.1) is 17.9 Å². The zero-order chi connectivity index (χ0) is 15.1. The number of carboxylic acid groups (broad SMARTS) is 1. The van der Waals surface area contributed by atoms with E-state index in [1.54, 1.807) is 6.92 Å². The summed E-state index contributed by atoms with van der Waals surface area (Å²) in [5, 5.41) is 11.6. The van der Waals surface area contributed by atoms with Gasteiger partial charge in [-0.05, 0) is 19.3 Å². The summed E-state index contributed by atoms with van der Waals surface area (Å²) in [4.78, 5) is 27.3. The highest BCUT2D eigenvalue weighted by atomic mass is 32.2. The van der Waals surface area contributed by atoms with Crippen molar-refractivity contribution in [2.75, 3.05) is 12.3 Å². The third-order valence-corrected chi connectivity index (χ3v) is 4.86. The Morgan fingerprint density at radius 2 is 2.15 bits per heavy atom. The van der Waals surface area contributed by atoms with Crippen LogP contribution in [0.2, 0.25) is 0 Å². The van der Waals surface area contributed by atoms with Crippen molar-refractivity contribution < 1.29 is 14.7 Å². The molecule has 5 nitrogen and oxygen atoms in total. The van der Waals surface area contributed by atoms with Crippen LogP contribution < -0.4 is 5.32 Å². The minimum Gasteiger partial charge on any atom is -0.481 e. The molecule has 0 spiro atoms. The molecule has 1 rings (SSSR count). The molecule has 1 aromatic heterocycles. The Kier molecular flexibility index (Phi) is 7.01. The molecule has 0 bridgehead atoms. The van der Waals surface area contributed by atoms with Crippen LogP contribution >= 0.6 is 23.1 Å². The molecule has 20 heavy (non-hydrogen) atoms. The highest BCUT2D eigenvalue weighted by molar-refractivity contribution is 8.01. The average Bonchev–Trinajstić information content (AvgIpc) is 2.66. The lowest BCUT2D eigenvalue weighted by atomic mass is 10.1. The van der Waals surface area contributed by atoms with Crippen LogP contribution in [-0.4, -0.2) is 34.3 Å². The topological polar surface area (TPSA) is 79.3 Å². The van der Waals surface area contributed by atoms with Crippen LogP contribution in [-0.2, 0) is 16.0 Å². The minimum atomic E-state index is -0.861. The van der Waals surface area contributed by atoms with Gasteiger partial charge in [-0.2, -0.15) is 0 Å². The van der Waals surface area contributed by atoms with E-state index >= 15 is 0 Å². The van der Waals surface area contributed by atoms with E-state index in [-0.39, 0.29) is 12.3 Å². The molecular formula is C13H20N2O3S2. The van der Waals surface area contributed by atoms with E-state index in [9.17, 15) is 9.59 Å². The van der Waals surface area contributed by atoms with Crippen LogP contribution in [0.1, 0.15) is 30.8 Å². The number of hydrogen-bond acceptors (Lipinski definition) is 5. The number of amides is 1. The Labute approximate surface area is 127 Å². The molecule has 0 saturated carbocycles. The Balaban J connectivity index is 2.38. The summed E-state index contributed by atoms with van der Waals surface area (Å²) in [5.41, 5.74) is 0.736. The van der Waals surface area contributed by atoms with Gasteiger partial charge in [0, 0.05) is 11.4 Å². The fourth-order valence-electron chi connectivity index (χ4n) is 1.44. The highest BCUT2D eigenvalue weighted by Crippen LogP contribution is 2.27. The molecule has 0 aliphatic rings. The SMILES string of the molecule is Cc1nc(SCC(=O)NCCC(C)C)sc1CC(=O)O. The number of carboxylic acids is 1. The molecule has 1 aromatic rings. The number of thiazole rings is 1. The van der Waals surface area contributed by atoms with E-state index in [0.29, 0.717) is 18.2 Å². The normalized spacial score (nSPS) is 10.8. The first-order valence-electron chi connectivity index (χ1n) is 6.46. The second-order valence-electron chi connectivity index (χ2n) is 4.88. The van der Waals surface area contributed by atoms with Gasteiger partial charge in [-0.3, -0.25) is 9.59 Å². The van der Waals surface area contributed by atoms with Crippen LogP contribution in [0.4, 0.5) is 0 Å². The molecule has 1 amide bonds. The lowest BCUT2D eigenvalue weighted by Crippen LogP contribution is -2.26. The summed E-state index contributed by atoms with van der Waals surface area (Å²) in [6.45, 7) is 6.71. The zero-order valence-corrected chi connectivity index (χ0v) is 13.6. The summed E-state index contributed by atoms with van der Waals surface area (Å²) in [5.74, 6) is 0.0172. The molecule has 0 aliphatic carbocycles. The second kappa shape index (κ2) is 8.26. The average molecular weight is 316 g/mol. The van der Waals surface area contributed by atoms with E-state index in [1.807, 2.05) is 0 Å². The van der Waals surface area contributed by atoms with E-state index in [1.165, 1.54) is 23.1 Å². The van der Waals surface area contributed by atoms with Gasteiger partial charge in [-0.25, -0.2) is 4.98 Å². The van der Waals surface area contributed by atoms with Crippen molar-refractivity contribution in [3.8, 4) is 0 Å². The quantitative estimate of drug-likeness (QED) is 0.720. The number of thioether (sulfide) groups is 1. The third kappa shape index (κ3) is 6.38. The predicted octanol–water partition coefficient (Wildman–Crippen LogP) is 2.33. The molecule has 0 fully saturated rings. The highest BCUT2D eigenvalue weighted by Gasteiger charge is 2.12. The van der Waals surface area contributed by atoms with Crippen LogP contribution in [0.15, 0.2) is 4.34 Å². The number of hydrogen-bond donors (Lipinski definition) is 2. The standard InChI is InChI=1S/C13H20N2O3S2/c1-8(2)4-5-14-11(16)7-19-13-15-9(3)10(20-13)6-12(17)18/h8H,4-7H2,1-3H3,(H,14,16)(H,17,18). The first kappa shape index (κ1) is 17.0. The largest absolute Gasteiger partial charge is 0.481 e. The second-order valence-corrected chi connectivity index (χ2v) is 7.19. The number of rotatable bonds is 8. The number of carbonyl (C=O) groups excluding carboxylic acids is 1. The van der Waals surface area contributed by atoms with E-state index in [4.69, 9.17) is 5.11 Å². The monoisotopic (exact) mass is 316 g/mol. The number of nitrogens with zero attached hydrogens (tertiary/aromatic N) is 1. The molecule has 0 saturated heterocycles. The van der Waals surface area contributed by atoms with Gasteiger partial charge in [0.25, 0.3) is 0 Å². The van der Waals surface area contributed by atoms with Crippen molar-refractivity contribution >= 4 is 35.0 Å². The summed E-state index contributed by atoms with van der Waals surface area (Å²) in [6.07, 6.45) is 0.959. The third-order valence-electron chi connectivity index (χ3n) is 2.56. The molecule has 2 N–H and O–H groups in total. The zero-order valence-electron chi connectivity index (χ0n) is 11.9. The molecule has 0 radical (unpaired) electrons. The van der Waals surface area contributed by atoms with Crippen molar-refractivity contribution in [1.29, 1.82) is 0 Å². The molecule has 7 heteroatoms. The van der Waals surface area contributed by atoms with Crippen LogP contribution in [0.25, 0.3) is 0 Å². The smallest absolute Gasteiger partial charge is 0.308 e. The maximum Gasteiger partial charge on any atom is 0.308 e. The van der Waals surface area contributed by atoms with E-state index in [0.717, 1.165) is 21.3 Å². The molecule has 0 unspecified atom stereocenters. The Bertz CT molecular complexity index is 472. The molecule has 0 atom stereocenters. The van der Waals surface area contributed by atoms with Gasteiger partial charge in [0.1, 0.15) is 0 Å². The van der Waals surface area contributed by atoms with Crippen molar-refractivity contribution in [3.63, 3.8) is 0 Å². The lowest BCUT2D eigenvalue weighted by molar-refractivity contribution is -0.136. The van der Waals surface area contributed by atoms with Gasteiger partial charge in [0.15, 0.2) is 4.34 Å². The van der Waals surface area contributed by atoms with E-state index in [2.05, 4.69) is 24.1 Å². The van der Waals surface area contributed by atoms with Gasteiger partial charge < -0.3 is 10.4 Å². The summed E-state index contributed by atoms with van der Waals surface area (Å²) < 4.78 is 0.748. The van der Waals surface area contributed by atoms with Crippen LogP contribution in [0.5, 0.6) is 0 Å². The maximum absolute atomic E-state index is 11.6.